The zero-order valence-corrected chi connectivity index (χ0v) is 7.81. The van der Waals surface area contributed by atoms with E-state index in [0.717, 1.165) is 31.6 Å². The first-order valence-corrected chi connectivity index (χ1v) is 5.27. The minimum absolute atomic E-state index is 0.0322. The van der Waals surface area contributed by atoms with Gasteiger partial charge in [0.2, 0.25) is 0 Å². The minimum Gasteiger partial charge on any atom is -0.299 e. The highest BCUT2D eigenvalue weighted by molar-refractivity contribution is 6.24. The molecule has 4 saturated carbocycles. The molecule has 0 aromatic rings. The maximum absolute atomic E-state index is 11.7. The van der Waals surface area contributed by atoms with Crippen LogP contribution in [0.3, 0.4) is 0 Å². The molecule has 0 heterocycles. The van der Waals surface area contributed by atoms with Crippen LogP contribution in [0, 0.1) is 17.8 Å². The van der Waals surface area contributed by atoms with Gasteiger partial charge in [0, 0.05) is 16.7 Å². The molecular weight excluding hydrogens is 172 g/mol. The molecule has 4 aliphatic rings. The maximum atomic E-state index is 11.7. The summed E-state index contributed by atoms with van der Waals surface area (Å²) in [6.45, 7) is 0. The van der Waals surface area contributed by atoms with Gasteiger partial charge in [0.05, 0.1) is 0 Å². The topological polar surface area (TPSA) is 17.1 Å². The highest BCUT2D eigenvalue weighted by atomic mass is 35.5. The van der Waals surface area contributed by atoms with Crippen LogP contribution < -0.4 is 0 Å². The van der Waals surface area contributed by atoms with Crippen LogP contribution in [0.5, 0.6) is 0 Å². The average molecular weight is 185 g/mol. The van der Waals surface area contributed by atoms with Crippen molar-refractivity contribution < 1.29 is 4.79 Å². The van der Waals surface area contributed by atoms with Crippen molar-refractivity contribution in [2.24, 2.45) is 17.8 Å². The zero-order chi connectivity index (χ0) is 8.34. The maximum Gasteiger partial charge on any atom is 0.139 e. The minimum atomic E-state index is 0.0322. The lowest BCUT2D eigenvalue weighted by Gasteiger charge is -2.52. The fourth-order valence-electron chi connectivity index (χ4n) is 3.65. The molecule has 2 atom stereocenters. The molecule has 0 aliphatic heterocycles. The van der Waals surface area contributed by atoms with Crippen molar-refractivity contribution in [2.75, 3.05) is 0 Å². The third-order valence-electron chi connectivity index (χ3n) is 3.92. The van der Waals surface area contributed by atoms with Crippen LogP contribution in [0.4, 0.5) is 0 Å². The molecule has 12 heavy (non-hydrogen) atoms. The molecule has 0 radical (unpaired) electrons. The number of carbonyl (C=O) groups is 1. The molecule has 0 spiro atoms. The Morgan fingerprint density at radius 2 is 1.75 bits per heavy atom. The lowest BCUT2D eigenvalue weighted by atomic mass is 9.55. The van der Waals surface area contributed by atoms with Crippen LogP contribution >= 0.6 is 11.6 Å². The lowest BCUT2D eigenvalue weighted by Crippen LogP contribution is -2.52. The van der Waals surface area contributed by atoms with Crippen LogP contribution in [0.25, 0.3) is 0 Å². The first kappa shape index (κ1) is 7.37. The van der Waals surface area contributed by atoms with Crippen molar-refractivity contribution in [3.05, 3.63) is 0 Å². The molecule has 0 saturated heterocycles. The van der Waals surface area contributed by atoms with Gasteiger partial charge in [-0.15, -0.1) is 11.6 Å². The molecule has 2 heteroatoms. The summed E-state index contributed by atoms with van der Waals surface area (Å²) in [4.78, 5) is 11.7. The zero-order valence-electron chi connectivity index (χ0n) is 7.05. The van der Waals surface area contributed by atoms with E-state index in [2.05, 4.69) is 0 Å². The Morgan fingerprint density at radius 3 is 2.25 bits per heavy atom. The molecule has 66 valence electrons. The van der Waals surface area contributed by atoms with Gasteiger partial charge in [0.1, 0.15) is 5.78 Å². The summed E-state index contributed by atoms with van der Waals surface area (Å²) in [5.41, 5.74) is 0. The summed E-state index contributed by atoms with van der Waals surface area (Å²) in [6.07, 6.45) is 5.41. The van der Waals surface area contributed by atoms with Crippen molar-refractivity contribution >= 4 is 17.4 Å². The molecule has 0 aromatic heterocycles. The van der Waals surface area contributed by atoms with E-state index in [4.69, 9.17) is 11.6 Å². The standard InChI is InChI=1S/C10H13ClO/c11-10-3-6-1-7(4-10)9(12)8(2-6)5-10/h6-8H,1-5H2/t6?,7-,8-,10?/m1/s1. The largest absolute Gasteiger partial charge is 0.299 e. The lowest BCUT2D eigenvalue weighted by molar-refractivity contribution is -0.138. The predicted octanol–water partition coefficient (Wildman–Crippen LogP) is 2.37. The Balaban J connectivity index is 2.00. The summed E-state index contributed by atoms with van der Waals surface area (Å²) in [5, 5.41) is 0. The van der Waals surface area contributed by atoms with Crippen molar-refractivity contribution in [2.45, 2.75) is 37.0 Å². The van der Waals surface area contributed by atoms with Crippen LogP contribution in [0.15, 0.2) is 0 Å². The second-order valence-electron chi connectivity index (χ2n) is 4.90. The van der Waals surface area contributed by atoms with E-state index in [0.29, 0.717) is 17.6 Å². The summed E-state index contributed by atoms with van der Waals surface area (Å²) >= 11 is 6.44. The molecular formula is C10H13ClO. The Morgan fingerprint density at radius 1 is 1.17 bits per heavy atom. The molecule has 4 bridgehead atoms. The number of halogens is 1. The SMILES string of the molecule is O=C1[C@@H]2CC3C[C@@H]1CC(Cl)(C3)C2. The van der Waals surface area contributed by atoms with Gasteiger partial charge in [-0.25, -0.2) is 0 Å². The highest BCUT2D eigenvalue weighted by Crippen LogP contribution is 2.56. The summed E-state index contributed by atoms with van der Waals surface area (Å²) in [7, 11) is 0. The fourth-order valence-corrected chi connectivity index (χ4v) is 4.24. The van der Waals surface area contributed by atoms with Gasteiger partial charge in [-0.1, -0.05) is 0 Å². The third kappa shape index (κ3) is 0.834. The number of alkyl halides is 1. The number of Topliss-reactive ketones (excluding diaryl/α,β-unsaturated/α-hetero) is 1. The fraction of sp³-hybridized carbons (Fsp3) is 0.900. The monoisotopic (exact) mass is 184 g/mol. The molecule has 4 fully saturated rings. The molecule has 0 amide bonds. The van der Waals surface area contributed by atoms with Gasteiger partial charge >= 0.3 is 0 Å². The summed E-state index contributed by atoms with van der Waals surface area (Å²) < 4.78 is 0. The van der Waals surface area contributed by atoms with Crippen molar-refractivity contribution in [3.63, 3.8) is 0 Å². The Bertz CT molecular complexity index is 230. The molecule has 0 N–H and O–H groups in total. The third-order valence-corrected chi connectivity index (χ3v) is 4.38. The molecule has 0 aromatic carbocycles. The van der Waals surface area contributed by atoms with E-state index in [1.807, 2.05) is 0 Å². The van der Waals surface area contributed by atoms with E-state index in [1.54, 1.807) is 0 Å². The predicted molar refractivity (Wildman–Crippen MR) is 47.1 cm³/mol. The molecule has 0 unspecified atom stereocenters. The van der Waals surface area contributed by atoms with Gasteiger partial charge in [0.15, 0.2) is 0 Å². The smallest absolute Gasteiger partial charge is 0.139 e. The van der Waals surface area contributed by atoms with Gasteiger partial charge in [-0.2, -0.15) is 0 Å². The Kier molecular flexibility index (Phi) is 1.27. The van der Waals surface area contributed by atoms with Crippen molar-refractivity contribution in [1.29, 1.82) is 0 Å². The molecule has 1 nitrogen and oxygen atoms in total. The Hall–Kier alpha value is -0.0400. The number of hydrogen-bond donors (Lipinski definition) is 0. The second-order valence-corrected chi connectivity index (χ2v) is 5.70. The van der Waals surface area contributed by atoms with Crippen molar-refractivity contribution in [1.82, 2.24) is 0 Å². The summed E-state index contributed by atoms with van der Waals surface area (Å²) in [5.74, 6) is 1.99. The first-order valence-electron chi connectivity index (χ1n) is 4.89. The van der Waals surface area contributed by atoms with Crippen LogP contribution in [0.1, 0.15) is 32.1 Å². The van der Waals surface area contributed by atoms with E-state index in [1.165, 1.54) is 6.42 Å². The number of ketones is 1. The van der Waals surface area contributed by atoms with E-state index >= 15 is 0 Å². The second kappa shape index (κ2) is 2.06. The molecule has 4 rings (SSSR count). The number of rotatable bonds is 0. The van der Waals surface area contributed by atoms with Gasteiger partial charge in [-0.3, -0.25) is 4.79 Å². The number of carbonyl (C=O) groups excluding carboxylic acids is 1. The van der Waals surface area contributed by atoms with E-state index < -0.39 is 0 Å². The molecule has 4 aliphatic carbocycles. The average Bonchev–Trinajstić information content (AvgIpc) is 1.96. The van der Waals surface area contributed by atoms with Crippen LogP contribution in [-0.4, -0.2) is 10.7 Å². The van der Waals surface area contributed by atoms with E-state index in [9.17, 15) is 4.79 Å². The normalized spacial score (nSPS) is 56.4. The van der Waals surface area contributed by atoms with Gasteiger partial charge in [0.25, 0.3) is 0 Å². The van der Waals surface area contributed by atoms with Gasteiger partial charge in [-0.05, 0) is 38.0 Å². The highest BCUT2D eigenvalue weighted by Gasteiger charge is 2.54. The van der Waals surface area contributed by atoms with Gasteiger partial charge < -0.3 is 0 Å². The number of hydrogen-bond acceptors (Lipinski definition) is 1. The van der Waals surface area contributed by atoms with E-state index in [-0.39, 0.29) is 4.87 Å². The quantitative estimate of drug-likeness (QED) is 0.529. The first-order chi connectivity index (χ1) is 5.66. The Labute approximate surface area is 77.5 Å². The summed E-state index contributed by atoms with van der Waals surface area (Å²) in [6, 6.07) is 0. The van der Waals surface area contributed by atoms with Crippen molar-refractivity contribution in [3.8, 4) is 0 Å². The van der Waals surface area contributed by atoms with Crippen LogP contribution in [0.2, 0.25) is 0 Å². The van der Waals surface area contributed by atoms with Crippen LogP contribution in [-0.2, 0) is 4.79 Å².